The third kappa shape index (κ3) is 6.45. The smallest absolute Gasteiger partial charge is 0.188 e. The number of nitrogens with one attached hydrogen (secondary N) is 2. The van der Waals surface area contributed by atoms with Gasteiger partial charge in [-0.1, -0.05) is 64.3 Å². The van der Waals surface area contributed by atoms with Crippen LogP contribution in [0.1, 0.15) is 10.6 Å². The number of ether oxygens (including phenoxy) is 1. The molecule has 54 heavy (non-hydrogen) atoms. The van der Waals surface area contributed by atoms with E-state index in [1.165, 1.54) is 22.3 Å². The Labute approximate surface area is 330 Å². The van der Waals surface area contributed by atoms with Crippen molar-refractivity contribution >= 4 is 90.4 Å². The van der Waals surface area contributed by atoms with E-state index in [0.717, 1.165) is 54.4 Å². The van der Waals surface area contributed by atoms with Crippen LogP contribution >= 0.6 is 57.5 Å². The Morgan fingerprint density at radius 1 is 0.889 bits per heavy atom. The molecule has 0 unspecified atom stereocenters. The van der Waals surface area contributed by atoms with Crippen molar-refractivity contribution in [3.8, 4) is 38.4 Å². The maximum atomic E-state index is 16.6. The Hall–Kier alpha value is -4.40. The molecule has 0 atom stereocenters. The number of hydrogen-bond donors (Lipinski definition) is 2. The number of thiophene rings is 1. The van der Waals surface area contributed by atoms with Crippen LogP contribution in [0.25, 0.3) is 60.4 Å². The average Bonchev–Trinajstić information content (AvgIpc) is 3.97. The highest BCUT2D eigenvalue weighted by Gasteiger charge is 2.23. The zero-order valence-corrected chi connectivity index (χ0v) is 32.3. The third-order valence-electron chi connectivity index (χ3n) is 9.45. The molecule has 8 aromatic rings. The summed E-state index contributed by atoms with van der Waals surface area (Å²) in [6.45, 7) is 5.95. The lowest BCUT2D eigenvalue weighted by Gasteiger charge is -2.25. The number of pyridine rings is 2. The maximum absolute atomic E-state index is 16.6. The molecule has 1 fully saturated rings. The van der Waals surface area contributed by atoms with Gasteiger partial charge in [-0.05, 0) is 43.3 Å². The molecule has 7 heterocycles. The SMILES string of the molecule is Cc1nc(Nc2cnc3[nH]cc(-c4ccc(-n5cc(-c6cccc(F)c6Cl)c6cc(-c7ccc(CN8CCOCC8)s7)cnc65)c(F)c4Cl)c3c2)sc1Cl. The van der Waals surface area contributed by atoms with E-state index in [1.54, 1.807) is 65.0 Å². The Bertz CT molecular complexity index is 2700. The lowest BCUT2D eigenvalue weighted by molar-refractivity contribution is 0.0346. The van der Waals surface area contributed by atoms with Crippen molar-refractivity contribution in [1.82, 2.24) is 29.4 Å². The van der Waals surface area contributed by atoms with Crippen molar-refractivity contribution in [2.24, 2.45) is 0 Å². The molecule has 0 amide bonds. The van der Waals surface area contributed by atoms with Crippen molar-refractivity contribution in [2.45, 2.75) is 13.5 Å². The number of fused-ring (bicyclic) bond motifs is 2. The van der Waals surface area contributed by atoms with Gasteiger partial charge in [-0.15, -0.1) is 11.3 Å². The Morgan fingerprint density at radius 2 is 1.72 bits per heavy atom. The number of thiazole rings is 1. The Kier molecular flexibility index (Phi) is 9.38. The van der Waals surface area contributed by atoms with Gasteiger partial charge < -0.3 is 15.0 Å². The van der Waals surface area contributed by atoms with E-state index in [1.807, 2.05) is 19.1 Å². The van der Waals surface area contributed by atoms with E-state index in [4.69, 9.17) is 44.5 Å². The highest BCUT2D eigenvalue weighted by molar-refractivity contribution is 7.19. The van der Waals surface area contributed by atoms with Crippen LogP contribution < -0.4 is 5.32 Å². The fourth-order valence-corrected chi connectivity index (χ4v) is 9.23. The standard InChI is InChI=1S/C39H28Cl3F2N7OS2/c1-20-36(42)54-39(48-20)49-22-14-26-28(17-46-37(26)45-16-22)25-6-7-31(35(44)34(25)41)51-19-29(24-3-2-4-30(43)33(24)40)27-13-21(15-47-38(27)51)32-8-5-23(53-32)18-50-9-11-52-12-10-50/h2-8,13-17,19H,9-12,18H2,1H3,(H,45,46)(H,48,49). The second-order valence-corrected chi connectivity index (χ2v) is 16.4. The zero-order chi connectivity index (χ0) is 37.1. The number of benzene rings is 2. The second kappa shape index (κ2) is 14.3. The van der Waals surface area contributed by atoms with Crippen molar-refractivity contribution in [3.63, 3.8) is 0 Å². The maximum Gasteiger partial charge on any atom is 0.188 e. The summed E-state index contributed by atoms with van der Waals surface area (Å²) in [6.07, 6.45) is 6.94. The number of halogens is 5. The predicted octanol–water partition coefficient (Wildman–Crippen LogP) is 11.5. The minimum Gasteiger partial charge on any atom is -0.379 e. The molecule has 1 aliphatic rings. The van der Waals surface area contributed by atoms with Crippen molar-refractivity contribution in [1.29, 1.82) is 0 Å². The number of aromatic nitrogens is 5. The van der Waals surface area contributed by atoms with Gasteiger partial charge >= 0.3 is 0 Å². The number of aromatic amines is 1. The summed E-state index contributed by atoms with van der Waals surface area (Å²) < 4.78 is 39.2. The first kappa shape index (κ1) is 35.3. The normalized spacial score (nSPS) is 13.7. The largest absolute Gasteiger partial charge is 0.379 e. The molecule has 15 heteroatoms. The first-order valence-electron chi connectivity index (χ1n) is 16.9. The van der Waals surface area contributed by atoms with E-state index < -0.39 is 11.6 Å². The lowest BCUT2D eigenvalue weighted by atomic mass is 10.0. The molecule has 0 bridgehead atoms. The fourth-order valence-electron chi connectivity index (χ4n) is 6.73. The number of H-pyrrole nitrogens is 1. The predicted molar refractivity (Wildman–Crippen MR) is 216 cm³/mol. The summed E-state index contributed by atoms with van der Waals surface area (Å²) in [5.41, 5.74) is 5.76. The van der Waals surface area contributed by atoms with Gasteiger partial charge in [0.25, 0.3) is 0 Å². The molecule has 1 saturated heterocycles. The molecule has 2 aromatic carbocycles. The van der Waals surface area contributed by atoms with Crippen LogP contribution in [0.15, 0.2) is 79.4 Å². The van der Waals surface area contributed by atoms with Gasteiger partial charge in [0, 0.05) is 86.6 Å². The summed E-state index contributed by atoms with van der Waals surface area (Å²) in [5.74, 6) is -1.20. The number of aryl methyl sites for hydroxylation is 1. The quantitative estimate of drug-likeness (QED) is 0.159. The fraction of sp³-hybridized carbons (Fsp3) is 0.154. The monoisotopic (exact) mass is 817 g/mol. The first-order chi connectivity index (χ1) is 26.2. The van der Waals surface area contributed by atoms with E-state index in [9.17, 15) is 4.39 Å². The van der Waals surface area contributed by atoms with Crippen molar-refractivity contribution < 1.29 is 13.5 Å². The van der Waals surface area contributed by atoms with Crippen molar-refractivity contribution in [2.75, 3.05) is 31.6 Å². The Morgan fingerprint density at radius 3 is 2.54 bits per heavy atom. The molecule has 0 spiro atoms. The van der Waals surface area contributed by atoms with Crippen LogP contribution in [0.2, 0.25) is 14.4 Å². The molecule has 0 aliphatic carbocycles. The van der Waals surface area contributed by atoms with Crippen LogP contribution in [-0.2, 0) is 11.3 Å². The van der Waals surface area contributed by atoms with Crippen LogP contribution in [0.4, 0.5) is 19.6 Å². The van der Waals surface area contributed by atoms with E-state index in [0.29, 0.717) is 54.1 Å². The average molecular weight is 819 g/mol. The zero-order valence-electron chi connectivity index (χ0n) is 28.4. The summed E-state index contributed by atoms with van der Waals surface area (Å²) in [7, 11) is 0. The molecule has 8 nitrogen and oxygen atoms in total. The van der Waals surface area contributed by atoms with Gasteiger partial charge in [-0.25, -0.2) is 23.7 Å². The molecule has 6 aromatic heterocycles. The summed E-state index contributed by atoms with van der Waals surface area (Å²) in [5, 5.41) is 5.18. The van der Waals surface area contributed by atoms with E-state index in [-0.39, 0.29) is 15.7 Å². The number of morpholine rings is 1. The van der Waals surface area contributed by atoms with Gasteiger partial charge in [0.05, 0.1) is 46.5 Å². The molecule has 272 valence electrons. The number of anilines is 2. The minimum absolute atomic E-state index is 0.0328. The number of nitrogens with zero attached hydrogens (tertiary/aromatic N) is 5. The lowest BCUT2D eigenvalue weighted by Crippen LogP contribution is -2.35. The minimum atomic E-state index is -0.649. The molecule has 9 rings (SSSR count). The van der Waals surface area contributed by atoms with Gasteiger partial charge in [0.1, 0.15) is 21.4 Å². The van der Waals surface area contributed by atoms with E-state index >= 15 is 4.39 Å². The first-order valence-corrected chi connectivity index (χ1v) is 19.7. The van der Waals surface area contributed by atoms with E-state index in [2.05, 4.69) is 37.3 Å². The Balaban J connectivity index is 1.11. The second-order valence-electron chi connectivity index (χ2n) is 12.8. The molecule has 0 saturated carbocycles. The summed E-state index contributed by atoms with van der Waals surface area (Å²) in [4.78, 5) is 21.6. The molecule has 1 aliphatic heterocycles. The summed E-state index contributed by atoms with van der Waals surface area (Å²) >= 11 is 22.7. The van der Waals surface area contributed by atoms with Gasteiger partial charge in [-0.3, -0.25) is 9.47 Å². The van der Waals surface area contributed by atoms with Gasteiger partial charge in [0.15, 0.2) is 10.9 Å². The molecule has 2 N–H and O–H groups in total. The van der Waals surface area contributed by atoms with Crippen LogP contribution in [0, 0.1) is 18.6 Å². The molecular weight excluding hydrogens is 791 g/mol. The summed E-state index contributed by atoms with van der Waals surface area (Å²) in [6, 6.07) is 16.2. The van der Waals surface area contributed by atoms with Gasteiger partial charge in [0.2, 0.25) is 0 Å². The third-order valence-corrected chi connectivity index (χ3v) is 12.7. The van der Waals surface area contributed by atoms with Crippen molar-refractivity contribution in [3.05, 3.63) is 116 Å². The highest BCUT2D eigenvalue weighted by Crippen LogP contribution is 2.42. The van der Waals surface area contributed by atoms with Crippen LogP contribution in [0.3, 0.4) is 0 Å². The van der Waals surface area contributed by atoms with Gasteiger partial charge in [-0.2, -0.15) is 0 Å². The topological polar surface area (TPSA) is 83.9 Å². The van der Waals surface area contributed by atoms with Crippen LogP contribution in [-0.4, -0.2) is 55.7 Å². The molecule has 0 radical (unpaired) electrons. The number of hydrogen-bond acceptors (Lipinski definition) is 8. The highest BCUT2D eigenvalue weighted by atomic mass is 35.5. The number of rotatable bonds is 8. The molecular formula is C39H28Cl3F2N7OS2. The van der Waals surface area contributed by atoms with Crippen LogP contribution in [0.5, 0.6) is 0 Å².